The van der Waals surface area contributed by atoms with Gasteiger partial charge in [0, 0.05) is 41.7 Å². The molecule has 8 nitrogen and oxygen atoms in total. The number of nitrogens with two attached hydrogens (primary N) is 1. The lowest BCUT2D eigenvalue weighted by atomic mass is 10.0. The molecule has 3 aromatic heterocycles. The Kier molecular flexibility index (Phi) is 7.21. The fourth-order valence-electron chi connectivity index (χ4n) is 4.81. The average molecular weight is 522 g/mol. The lowest BCUT2D eigenvalue weighted by molar-refractivity contribution is 0.331. The molecule has 0 radical (unpaired) electrons. The number of hydrogen-bond donors (Lipinski definition) is 2. The number of aryl methyl sites for hydroxylation is 1. The SMILES string of the molecule is Cc1nc(C(C)NCCF)nc(N2CCOc3ccc(-c4cnc5sc(N)nc5c4)cc3C2)c1C(C)C. The van der Waals surface area contributed by atoms with E-state index in [2.05, 4.69) is 46.2 Å². The second-order valence-corrected chi connectivity index (χ2v) is 10.6. The fraction of sp³-hybridized carbons (Fsp3) is 0.407. The molecule has 0 saturated heterocycles. The number of nitrogens with zero attached hydrogens (tertiary/aromatic N) is 5. The first kappa shape index (κ1) is 25.3. The molecule has 0 spiro atoms. The van der Waals surface area contributed by atoms with Crippen LogP contribution in [0.25, 0.3) is 21.5 Å². The van der Waals surface area contributed by atoms with E-state index in [9.17, 15) is 4.39 Å². The van der Waals surface area contributed by atoms with Crippen LogP contribution in [0.5, 0.6) is 5.75 Å². The quantitative estimate of drug-likeness (QED) is 0.343. The molecule has 4 aromatic rings. The van der Waals surface area contributed by atoms with E-state index in [4.69, 9.17) is 20.4 Å². The van der Waals surface area contributed by atoms with E-state index in [1.807, 2.05) is 32.2 Å². The number of benzene rings is 1. The molecule has 1 unspecified atom stereocenters. The van der Waals surface area contributed by atoms with Crippen LogP contribution in [0.4, 0.5) is 15.3 Å². The van der Waals surface area contributed by atoms with E-state index in [0.717, 1.165) is 49.9 Å². The van der Waals surface area contributed by atoms with Gasteiger partial charge >= 0.3 is 0 Å². The predicted molar refractivity (Wildman–Crippen MR) is 147 cm³/mol. The number of nitrogen functional groups attached to an aromatic ring is 1. The van der Waals surface area contributed by atoms with Crippen molar-refractivity contribution in [3.8, 4) is 16.9 Å². The average Bonchev–Trinajstić information content (AvgIpc) is 3.11. The number of rotatable bonds is 7. The van der Waals surface area contributed by atoms with Crippen LogP contribution in [0.15, 0.2) is 30.5 Å². The third-order valence-corrected chi connectivity index (χ3v) is 7.39. The van der Waals surface area contributed by atoms with Gasteiger partial charge in [0.25, 0.3) is 0 Å². The Morgan fingerprint density at radius 2 is 2.00 bits per heavy atom. The maximum Gasteiger partial charge on any atom is 0.182 e. The molecule has 1 aromatic carbocycles. The third kappa shape index (κ3) is 5.21. The Balaban J connectivity index is 1.51. The molecule has 194 valence electrons. The highest BCUT2D eigenvalue weighted by Crippen LogP contribution is 2.35. The zero-order valence-electron chi connectivity index (χ0n) is 21.6. The molecule has 3 N–H and O–H groups in total. The maximum atomic E-state index is 12.8. The van der Waals surface area contributed by atoms with Gasteiger partial charge in [-0.1, -0.05) is 31.3 Å². The molecular formula is C27H32FN7OS. The van der Waals surface area contributed by atoms with Gasteiger partial charge < -0.3 is 20.7 Å². The Morgan fingerprint density at radius 3 is 2.78 bits per heavy atom. The first-order valence-electron chi connectivity index (χ1n) is 12.5. The van der Waals surface area contributed by atoms with Crippen molar-refractivity contribution in [2.45, 2.75) is 46.2 Å². The molecular weight excluding hydrogens is 489 g/mol. The van der Waals surface area contributed by atoms with Gasteiger partial charge in [-0.15, -0.1) is 0 Å². The molecule has 10 heteroatoms. The summed E-state index contributed by atoms with van der Waals surface area (Å²) in [5, 5.41) is 3.68. The largest absolute Gasteiger partial charge is 0.491 e. The first-order chi connectivity index (χ1) is 17.8. The molecule has 1 aliphatic rings. The topological polar surface area (TPSA) is 102 Å². The number of ether oxygens (including phenoxy) is 1. The monoisotopic (exact) mass is 521 g/mol. The van der Waals surface area contributed by atoms with Crippen molar-refractivity contribution in [1.82, 2.24) is 25.3 Å². The zero-order valence-corrected chi connectivity index (χ0v) is 22.4. The van der Waals surface area contributed by atoms with Crippen molar-refractivity contribution >= 4 is 32.6 Å². The summed E-state index contributed by atoms with van der Waals surface area (Å²) in [6, 6.07) is 8.10. The lowest BCUT2D eigenvalue weighted by Gasteiger charge is -2.27. The Morgan fingerprint density at radius 1 is 1.16 bits per heavy atom. The van der Waals surface area contributed by atoms with Crippen LogP contribution in [0.1, 0.15) is 55.4 Å². The number of hydrogen-bond acceptors (Lipinski definition) is 9. The van der Waals surface area contributed by atoms with E-state index in [1.54, 1.807) is 0 Å². The molecule has 0 fully saturated rings. The summed E-state index contributed by atoms with van der Waals surface area (Å²) in [6.07, 6.45) is 1.86. The highest BCUT2D eigenvalue weighted by Gasteiger charge is 2.25. The minimum Gasteiger partial charge on any atom is -0.491 e. The number of pyridine rings is 1. The second kappa shape index (κ2) is 10.5. The summed E-state index contributed by atoms with van der Waals surface area (Å²) >= 11 is 1.39. The van der Waals surface area contributed by atoms with Gasteiger partial charge in [-0.3, -0.25) is 0 Å². The second-order valence-electron chi connectivity index (χ2n) is 9.62. The van der Waals surface area contributed by atoms with Crippen molar-refractivity contribution < 1.29 is 9.13 Å². The molecule has 1 aliphatic heterocycles. The molecule has 1 atom stereocenters. The fourth-order valence-corrected chi connectivity index (χ4v) is 5.47. The van der Waals surface area contributed by atoms with Crippen molar-refractivity contribution in [3.05, 3.63) is 53.1 Å². The normalized spacial score (nSPS) is 14.5. The summed E-state index contributed by atoms with van der Waals surface area (Å²) < 4.78 is 18.9. The summed E-state index contributed by atoms with van der Waals surface area (Å²) in [7, 11) is 0. The number of alkyl halides is 1. The predicted octanol–water partition coefficient (Wildman–Crippen LogP) is 5.18. The van der Waals surface area contributed by atoms with Crippen LogP contribution in [0.3, 0.4) is 0 Å². The van der Waals surface area contributed by atoms with Gasteiger partial charge in [-0.25, -0.2) is 24.3 Å². The molecule has 0 bridgehead atoms. The number of halogens is 1. The van der Waals surface area contributed by atoms with Crippen LogP contribution in [-0.2, 0) is 6.54 Å². The first-order valence-corrected chi connectivity index (χ1v) is 13.4. The molecule has 0 saturated carbocycles. The van der Waals surface area contributed by atoms with Crippen LogP contribution in [-0.4, -0.2) is 46.3 Å². The van der Waals surface area contributed by atoms with Gasteiger partial charge in [-0.2, -0.15) is 0 Å². The Bertz CT molecular complexity index is 1420. The van der Waals surface area contributed by atoms with Crippen LogP contribution in [0.2, 0.25) is 0 Å². The van der Waals surface area contributed by atoms with Crippen molar-refractivity contribution in [1.29, 1.82) is 0 Å². The smallest absolute Gasteiger partial charge is 0.182 e. The van der Waals surface area contributed by atoms with Gasteiger partial charge in [0.1, 0.15) is 41.0 Å². The highest BCUT2D eigenvalue weighted by molar-refractivity contribution is 7.21. The van der Waals surface area contributed by atoms with Crippen LogP contribution in [0, 0.1) is 6.92 Å². The maximum absolute atomic E-state index is 12.8. The molecule has 0 aliphatic carbocycles. The Labute approximate surface area is 220 Å². The van der Waals surface area contributed by atoms with E-state index in [1.165, 1.54) is 11.3 Å². The summed E-state index contributed by atoms with van der Waals surface area (Å²) in [5.41, 5.74) is 11.8. The van der Waals surface area contributed by atoms with E-state index in [0.29, 0.717) is 30.7 Å². The van der Waals surface area contributed by atoms with Crippen molar-refractivity contribution in [2.75, 3.05) is 37.0 Å². The van der Waals surface area contributed by atoms with Gasteiger partial charge in [-0.05, 0) is 43.5 Å². The highest BCUT2D eigenvalue weighted by atomic mass is 32.1. The number of fused-ring (bicyclic) bond motifs is 2. The summed E-state index contributed by atoms with van der Waals surface area (Å²) in [4.78, 5) is 21.8. The van der Waals surface area contributed by atoms with E-state index in [-0.39, 0.29) is 18.5 Å². The number of aromatic nitrogens is 4. The van der Waals surface area contributed by atoms with Gasteiger partial charge in [0.15, 0.2) is 5.13 Å². The van der Waals surface area contributed by atoms with Crippen molar-refractivity contribution in [2.24, 2.45) is 0 Å². The third-order valence-electron chi connectivity index (χ3n) is 6.58. The number of thiazole rings is 1. The van der Waals surface area contributed by atoms with E-state index < -0.39 is 6.67 Å². The summed E-state index contributed by atoms with van der Waals surface area (Å²) in [6.45, 7) is 10.0. The minimum atomic E-state index is -0.429. The number of anilines is 2. The molecule has 4 heterocycles. The van der Waals surface area contributed by atoms with E-state index >= 15 is 0 Å². The molecule has 37 heavy (non-hydrogen) atoms. The summed E-state index contributed by atoms with van der Waals surface area (Å²) in [5.74, 6) is 2.70. The lowest BCUT2D eigenvalue weighted by Crippen LogP contribution is -2.30. The van der Waals surface area contributed by atoms with Crippen molar-refractivity contribution in [3.63, 3.8) is 0 Å². The van der Waals surface area contributed by atoms with Crippen LogP contribution >= 0.6 is 11.3 Å². The minimum absolute atomic E-state index is 0.154. The Hall–Kier alpha value is -3.37. The standard InChI is InChI=1S/C27H32FN7OS/c1-15(2)23-16(3)32-24(17(4)30-8-7-28)34-25(23)35-9-10-36-22-6-5-18(11-20(22)14-35)19-12-21-26(31-13-19)37-27(29)33-21/h5-6,11-13,15,17,30H,7-10,14H2,1-4H3,(H2,29,33). The van der Waals surface area contributed by atoms with Crippen LogP contribution < -0.4 is 20.7 Å². The molecule has 5 rings (SSSR count). The van der Waals surface area contributed by atoms with Gasteiger partial charge in [0.2, 0.25) is 0 Å². The number of nitrogens with one attached hydrogen (secondary N) is 1. The molecule has 0 amide bonds. The zero-order chi connectivity index (χ0) is 26.1. The van der Waals surface area contributed by atoms with Gasteiger partial charge in [0.05, 0.1) is 12.6 Å².